The van der Waals surface area contributed by atoms with Crippen LogP contribution in [-0.4, -0.2) is 30.8 Å². The molecule has 0 fully saturated rings. The van der Waals surface area contributed by atoms with E-state index >= 15 is 0 Å². The third kappa shape index (κ3) is 3.94. The first-order valence-electron chi connectivity index (χ1n) is 7.10. The second kappa shape index (κ2) is 7.75. The highest BCUT2D eigenvalue weighted by atomic mass is 32.1. The number of nitrogens with zero attached hydrogens (tertiary/aromatic N) is 3. The normalized spacial score (nSPS) is 10.7. The van der Waals surface area contributed by atoms with Gasteiger partial charge in [0.2, 0.25) is 0 Å². The van der Waals surface area contributed by atoms with E-state index in [1.54, 1.807) is 27.1 Å². The molecule has 0 bridgehead atoms. The average Bonchev–Trinajstić information content (AvgIpc) is 3.19. The molecule has 0 saturated heterocycles. The fourth-order valence-corrected chi connectivity index (χ4v) is 3.81. The monoisotopic (exact) mass is 370 g/mol. The molecule has 2 rings (SSSR count). The fraction of sp³-hybridized carbons (Fsp3) is 0.176. The molecule has 2 aromatic heterocycles. The standard InChI is InChI=1S/C17H14N4O2S2/c1-10-13(9-19)16(25-14(10)17(23)21(2)3)20-15(22)11(8-18)7-12-5-4-6-24-12/h4-7H,1-3H3,(H,20,22)/b11-7+. The fourth-order valence-electron chi connectivity index (χ4n) is 1.98. The van der Waals surface area contributed by atoms with Gasteiger partial charge >= 0.3 is 0 Å². The van der Waals surface area contributed by atoms with Crippen molar-refractivity contribution < 1.29 is 9.59 Å². The Hall–Kier alpha value is -2.94. The summed E-state index contributed by atoms with van der Waals surface area (Å²) in [5.41, 5.74) is 0.678. The molecule has 6 nitrogen and oxygen atoms in total. The van der Waals surface area contributed by atoms with Gasteiger partial charge in [0.25, 0.3) is 11.8 Å². The van der Waals surface area contributed by atoms with Crippen LogP contribution in [0.4, 0.5) is 5.00 Å². The molecule has 0 atom stereocenters. The lowest BCUT2D eigenvalue weighted by molar-refractivity contribution is -0.112. The predicted molar refractivity (Wildman–Crippen MR) is 98.3 cm³/mol. The highest BCUT2D eigenvalue weighted by Crippen LogP contribution is 2.33. The van der Waals surface area contributed by atoms with Gasteiger partial charge in [-0.05, 0) is 30.0 Å². The minimum absolute atomic E-state index is 0.0714. The van der Waals surface area contributed by atoms with Crippen molar-refractivity contribution in [2.75, 3.05) is 19.4 Å². The Morgan fingerprint density at radius 1 is 1.32 bits per heavy atom. The molecule has 2 heterocycles. The molecular weight excluding hydrogens is 356 g/mol. The van der Waals surface area contributed by atoms with Crippen LogP contribution in [-0.2, 0) is 4.79 Å². The lowest BCUT2D eigenvalue weighted by atomic mass is 10.1. The van der Waals surface area contributed by atoms with E-state index in [0.29, 0.717) is 10.4 Å². The van der Waals surface area contributed by atoms with Crippen LogP contribution in [0, 0.1) is 29.6 Å². The van der Waals surface area contributed by atoms with Crippen LogP contribution < -0.4 is 5.32 Å². The highest BCUT2D eigenvalue weighted by Gasteiger charge is 2.23. The van der Waals surface area contributed by atoms with Gasteiger partial charge in [0.05, 0.1) is 10.4 Å². The lowest BCUT2D eigenvalue weighted by Gasteiger charge is -2.08. The largest absolute Gasteiger partial charge is 0.344 e. The predicted octanol–water partition coefficient (Wildman–Crippen LogP) is 3.24. The molecule has 2 aromatic rings. The van der Waals surface area contributed by atoms with Gasteiger partial charge in [0.15, 0.2) is 0 Å². The zero-order valence-electron chi connectivity index (χ0n) is 13.8. The van der Waals surface area contributed by atoms with Crippen molar-refractivity contribution in [2.45, 2.75) is 6.92 Å². The van der Waals surface area contributed by atoms with Crippen LogP contribution in [0.5, 0.6) is 0 Å². The molecule has 0 aliphatic rings. The maximum atomic E-state index is 12.4. The van der Waals surface area contributed by atoms with Gasteiger partial charge in [0, 0.05) is 19.0 Å². The molecule has 0 spiro atoms. The average molecular weight is 370 g/mol. The van der Waals surface area contributed by atoms with E-state index in [0.717, 1.165) is 16.2 Å². The summed E-state index contributed by atoms with van der Waals surface area (Å²) in [5, 5.41) is 23.3. The number of anilines is 1. The Morgan fingerprint density at radius 3 is 2.56 bits per heavy atom. The van der Waals surface area contributed by atoms with Crippen molar-refractivity contribution in [1.29, 1.82) is 10.5 Å². The summed E-state index contributed by atoms with van der Waals surface area (Å²) in [5.74, 6) is -0.855. The van der Waals surface area contributed by atoms with Crippen LogP contribution in [0.3, 0.4) is 0 Å². The maximum absolute atomic E-state index is 12.4. The number of hydrogen-bond donors (Lipinski definition) is 1. The van der Waals surface area contributed by atoms with E-state index in [1.165, 1.54) is 22.3 Å². The van der Waals surface area contributed by atoms with Crippen molar-refractivity contribution in [2.24, 2.45) is 0 Å². The Balaban J connectivity index is 2.35. The van der Waals surface area contributed by atoms with E-state index < -0.39 is 5.91 Å². The first-order chi connectivity index (χ1) is 11.9. The van der Waals surface area contributed by atoms with Gasteiger partial charge in [-0.25, -0.2) is 0 Å². The van der Waals surface area contributed by atoms with E-state index in [4.69, 9.17) is 0 Å². The van der Waals surface area contributed by atoms with E-state index in [9.17, 15) is 20.1 Å². The van der Waals surface area contributed by atoms with E-state index in [1.807, 2.05) is 23.6 Å². The minimum atomic E-state index is -0.613. The van der Waals surface area contributed by atoms with Crippen molar-refractivity contribution >= 4 is 45.6 Å². The number of carbonyl (C=O) groups is 2. The van der Waals surface area contributed by atoms with Gasteiger partial charge in [-0.1, -0.05) is 6.07 Å². The molecule has 0 aliphatic heterocycles. The number of amides is 2. The van der Waals surface area contributed by atoms with Crippen LogP contribution in [0.25, 0.3) is 6.08 Å². The van der Waals surface area contributed by atoms with Crippen molar-refractivity contribution in [3.8, 4) is 12.1 Å². The van der Waals surface area contributed by atoms with Gasteiger partial charge in [0.1, 0.15) is 22.7 Å². The van der Waals surface area contributed by atoms with Crippen LogP contribution in [0.2, 0.25) is 0 Å². The maximum Gasteiger partial charge on any atom is 0.267 e. The first-order valence-corrected chi connectivity index (χ1v) is 8.80. The summed E-state index contributed by atoms with van der Waals surface area (Å²) in [6.07, 6.45) is 1.48. The summed E-state index contributed by atoms with van der Waals surface area (Å²) in [6, 6.07) is 7.48. The molecule has 0 saturated carbocycles. The summed E-state index contributed by atoms with van der Waals surface area (Å²) in [4.78, 5) is 27.1. The molecule has 126 valence electrons. The summed E-state index contributed by atoms with van der Waals surface area (Å²) in [6.45, 7) is 1.66. The number of nitriles is 2. The third-order valence-electron chi connectivity index (χ3n) is 3.28. The molecule has 8 heteroatoms. The Labute approximate surface area is 153 Å². The van der Waals surface area contributed by atoms with Gasteiger partial charge in [-0.15, -0.1) is 22.7 Å². The lowest BCUT2D eigenvalue weighted by Crippen LogP contribution is -2.21. The zero-order chi connectivity index (χ0) is 18.6. The second-order valence-corrected chi connectivity index (χ2v) is 7.21. The molecule has 2 amide bonds. The van der Waals surface area contributed by atoms with Crippen LogP contribution in [0.15, 0.2) is 23.1 Å². The molecule has 1 N–H and O–H groups in total. The smallest absolute Gasteiger partial charge is 0.267 e. The van der Waals surface area contributed by atoms with Crippen LogP contribution >= 0.6 is 22.7 Å². The second-order valence-electron chi connectivity index (χ2n) is 5.21. The molecule has 0 radical (unpaired) electrons. The Bertz CT molecular complexity index is 925. The Morgan fingerprint density at radius 2 is 2.04 bits per heavy atom. The van der Waals surface area contributed by atoms with Crippen molar-refractivity contribution in [3.05, 3.63) is 44.0 Å². The number of hydrogen-bond acceptors (Lipinski definition) is 6. The number of carbonyl (C=O) groups excluding carboxylic acids is 2. The van der Waals surface area contributed by atoms with Crippen molar-refractivity contribution in [3.63, 3.8) is 0 Å². The first kappa shape index (κ1) is 18.4. The van der Waals surface area contributed by atoms with Gasteiger partial charge < -0.3 is 10.2 Å². The minimum Gasteiger partial charge on any atom is -0.344 e. The SMILES string of the molecule is Cc1c(C(=O)N(C)C)sc(NC(=O)/C(C#N)=C/c2cccs2)c1C#N. The molecule has 0 unspecified atom stereocenters. The molecule has 0 aliphatic carbocycles. The topological polar surface area (TPSA) is 97.0 Å². The van der Waals surface area contributed by atoms with Crippen molar-refractivity contribution in [1.82, 2.24) is 4.90 Å². The third-order valence-corrected chi connectivity index (χ3v) is 5.30. The Kier molecular flexibility index (Phi) is 5.71. The summed E-state index contributed by atoms with van der Waals surface area (Å²) >= 11 is 2.44. The van der Waals surface area contributed by atoms with Gasteiger partial charge in [-0.3, -0.25) is 9.59 Å². The molecular formula is C17H14N4O2S2. The van der Waals surface area contributed by atoms with Crippen LogP contribution in [0.1, 0.15) is 25.7 Å². The molecule has 25 heavy (non-hydrogen) atoms. The summed E-state index contributed by atoms with van der Waals surface area (Å²) in [7, 11) is 3.23. The van der Waals surface area contributed by atoms with E-state index in [-0.39, 0.29) is 22.0 Å². The number of rotatable bonds is 4. The quantitative estimate of drug-likeness (QED) is 0.660. The molecule has 0 aromatic carbocycles. The highest BCUT2D eigenvalue weighted by molar-refractivity contribution is 7.18. The number of thiophene rings is 2. The van der Waals surface area contributed by atoms with E-state index in [2.05, 4.69) is 5.32 Å². The number of nitrogens with one attached hydrogen (secondary N) is 1. The zero-order valence-corrected chi connectivity index (χ0v) is 15.4. The summed E-state index contributed by atoms with van der Waals surface area (Å²) < 4.78 is 0. The van der Waals surface area contributed by atoms with Gasteiger partial charge in [-0.2, -0.15) is 10.5 Å².